The number of nitrogens with one attached hydrogen (secondary N) is 1. The summed E-state index contributed by atoms with van der Waals surface area (Å²) in [7, 11) is 0. The van der Waals surface area contributed by atoms with E-state index in [0.29, 0.717) is 0 Å². The lowest BCUT2D eigenvalue weighted by atomic mass is 9.53. The zero-order chi connectivity index (χ0) is 20.8. The van der Waals surface area contributed by atoms with Gasteiger partial charge in [0.05, 0.1) is 28.0 Å². The number of allylic oxidation sites excluding steroid dienone is 1. The van der Waals surface area contributed by atoms with Crippen LogP contribution in [0.1, 0.15) is 73.1 Å². The molecule has 2 N–H and O–H groups in total. The van der Waals surface area contributed by atoms with Crippen LogP contribution in [0.3, 0.4) is 0 Å². The van der Waals surface area contributed by atoms with Crippen molar-refractivity contribution in [3.8, 4) is 0 Å². The number of rotatable bonds is 5. The molecule has 0 aromatic heterocycles. The van der Waals surface area contributed by atoms with Gasteiger partial charge >= 0.3 is 0 Å². The van der Waals surface area contributed by atoms with E-state index in [-0.39, 0.29) is 17.9 Å². The van der Waals surface area contributed by atoms with E-state index < -0.39 is 22.3 Å². The van der Waals surface area contributed by atoms with Gasteiger partial charge in [-0.15, -0.1) is 0 Å². The fourth-order valence-electron chi connectivity index (χ4n) is 6.10. The number of fused-ring (bicyclic) bond motifs is 1. The molecule has 156 valence electrons. The largest absolute Gasteiger partial charge is 0.385 e. The predicted molar refractivity (Wildman–Crippen MR) is 113 cm³/mol. The number of aliphatic imine (C=N–C) groups is 1. The number of amides is 1. The van der Waals surface area contributed by atoms with Crippen molar-refractivity contribution in [2.24, 2.45) is 16.8 Å². The second-order valence-electron chi connectivity index (χ2n) is 10.1. The third-order valence-electron chi connectivity index (χ3n) is 7.70. The molecular formula is C22H34N2O3S. The normalized spacial score (nSPS) is 43.5. The Morgan fingerprint density at radius 1 is 1.32 bits per heavy atom. The van der Waals surface area contributed by atoms with Gasteiger partial charge in [-0.3, -0.25) is 4.79 Å². The van der Waals surface area contributed by atoms with Gasteiger partial charge in [0.15, 0.2) is 0 Å². The second kappa shape index (κ2) is 7.32. The van der Waals surface area contributed by atoms with Gasteiger partial charge < -0.3 is 15.2 Å². The van der Waals surface area contributed by atoms with E-state index in [0.717, 1.165) is 44.9 Å². The molecule has 6 atom stereocenters. The van der Waals surface area contributed by atoms with Gasteiger partial charge in [0.1, 0.15) is 0 Å². The van der Waals surface area contributed by atoms with Gasteiger partial charge in [-0.1, -0.05) is 11.6 Å². The van der Waals surface area contributed by atoms with Crippen molar-refractivity contribution in [3.05, 3.63) is 11.6 Å². The Balaban J connectivity index is 1.95. The maximum absolute atomic E-state index is 12.0. The van der Waals surface area contributed by atoms with Gasteiger partial charge in [-0.05, 0) is 85.4 Å². The fourth-order valence-corrected chi connectivity index (χ4v) is 6.33. The molecule has 2 aliphatic carbocycles. The summed E-state index contributed by atoms with van der Waals surface area (Å²) >= 11 is 4.82. The van der Waals surface area contributed by atoms with Crippen LogP contribution >= 0.6 is 12.2 Å². The van der Waals surface area contributed by atoms with E-state index in [1.807, 2.05) is 13.8 Å². The van der Waals surface area contributed by atoms with E-state index >= 15 is 0 Å². The lowest BCUT2D eigenvalue weighted by Crippen LogP contribution is -2.67. The van der Waals surface area contributed by atoms with E-state index in [1.54, 1.807) is 0 Å². The molecule has 0 spiro atoms. The molecule has 0 unspecified atom stereocenters. The summed E-state index contributed by atoms with van der Waals surface area (Å²) in [6.07, 6.45) is 7.99. The summed E-state index contributed by atoms with van der Waals surface area (Å²) in [5, 5.41) is 17.6. The average molecular weight is 407 g/mol. The molecule has 1 aliphatic heterocycles. The molecule has 5 nitrogen and oxygen atoms in total. The van der Waals surface area contributed by atoms with Gasteiger partial charge in [-0.25, -0.2) is 4.99 Å². The van der Waals surface area contributed by atoms with Crippen LogP contribution in [0.15, 0.2) is 16.6 Å². The Morgan fingerprint density at radius 2 is 2.04 bits per heavy atom. The lowest BCUT2D eigenvalue weighted by Gasteiger charge is -2.58. The molecule has 0 aromatic carbocycles. The van der Waals surface area contributed by atoms with Crippen molar-refractivity contribution < 1.29 is 14.6 Å². The van der Waals surface area contributed by atoms with Crippen LogP contribution < -0.4 is 5.32 Å². The first-order valence-electron chi connectivity index (χ1n) is 10.4. The number of hydrogen-bond acceptors (Lipinski definition) is 5. The molecule has 2 fully saturated rings. The third-order valence-corrected chi connectivity index (χ3v) is 7.80. The molecule has 1 amide bonds. The summed E-state index contributed by atoms with van der Waals surface area (Å²) in [5.41, 5.74) is -1.06. The first-order valence-corrected chi connectivity index (χ1v) is 10.8. The quantitative estimate of drug-likeness (QED) is 0.315. The summed E-state index contributed by atoms with van der Waals surface area (Å²) in [4.78, 5) is 15.6. The van der Waals surface area contributed by atoms with Crippen molar-refractivity contribution in [2.75, 3.05) is 0 Å². The highest BCUT2D eigenvalue weighted by Crippen LogP contribution is 2.56. The SMILES string of the molecule is CC1=C[C@@]2(O)[C@H]([C@]3(C)CC[C@H](C(C)(C)N=C=S)O3)CC[C@@](C)(NC=O)[C@H]2CC1. The number of hydrogen-bond donors (Lipinski definition) is 2. The zero-order valence-electron chi connectivity index (χ0n) is 17.7. The number of carbonyl (C=O) groups is 1. The first kappa shape index (κ1) is 21.6. The molecule has 0 radical (unpaired) electrons. The molecular weight excluding hydrogens is 372 g/mol. The van der Waals surface area contributed by atoms with Gasteiger partial charge in [-0.2, -0.15) is 0 Å². The topological polar surface area (TPSA) is 70.9 Å². The molecule has 3 rings (SSSR count). The number of isothiocyanates is 1. The van der Waals surface area contributed by atoms with Crippen molar-refractivity contribution in [1.29, 1.82) is 0 Å². The maximum Gasteiger partial charge on any atom is 0.207 e. The van der Waals surface area contributed by atoms with Gasteiger partial charge in [0, 0.05) is 17.4 Å². The number of thiocarbonyl (C=S) groups is 1. The lowest BCUT2D eigenvalue weighted by molar-refractivity contribution is -0.185. The molecule has 0 bridgehead atoms. The van der Waals surface area contributed by atoms with E-state index in [1.165, 1.54) is 5.57 Å². The van der Waals surface area contributed by atoms with Gasteiger partial charge in [0.25, 0.3) is 0 Å². The minimum absolute atomic E-state index is 0.0286. The summed E-state index contributed by atoms with van der Waals surface area (Å²) in [5.74, 6) is -0.0573. The first-order chi connectivity index (χ1) is 13.0. The second-order valence-corrected chi connectivity index (χ2v) is 10.2. The van der Waals surface area contributed by atoms with Crippen LogP contribution in [0.5, 0.6) is 0 Å². The van der Waals surface area contributed by atoms with E-state index in [2.05, 4.69) is 42.3 Å². The molecule has 6 heteroatoms. The molecule has 1 saturated heterocycles. The van der Waals surface area contributed by atoms with Crippen LogP contribution in [-0.2, 0) is 9.53 Å². The smallest absolute Gasteiger partial charge is 0.207 e. The Morgan fingerprint density at radius 3 is 2.68 bits per heavy atom. The Labute approximate surface area is 174 Å². The van der Waals surface area contributed by atoms with Gasteiger partial charge in [0.2, 0.25) is 6.41 Å². The Kier molecular flexibility index (Phi) is 5.65. The van der Waals surface area contributed by atoms with Crippen molar-refractivity contribution >= 4 is 23.8 Å². The number of carbonyl (C=O) groups excluding carboxylic acids is 1. The minimum Gasteiger partial charge on any atom is -0.385 e. The maximum atomic E-state index is 12.0. The molecule has 3 aliphatic rings. The molecule has 0 aromatic rings. The van der Waals surface area contributed by atoms with Crippen LogP contribution in [-0.4, -0.2) is 45.1 Å². The Bertz CT molecular complexity index is 717. The van der Waals surface area contributed by atoms with Crippen molar-refractivity contribution in [3.63, 3.8) is 0 Å². The highest BCUT2D eigenvalue weighted by atomic mass is 32.1. The van der Waals surface area contributed by atoms with Crippen LogP contribution in [0, 0.1) is 11.8 Å². The summed E-state index contributed by atoms with van der Waals surface area (Å²) in [6.45, 7) is 10.3. The van der Waals surface area contributed by atoms with Crippen LogP contribution in [0.4, 0.5) is 0 Å². The van der Waals surface area contributed by atoms with Crippen LogP contribution in [0.25, 0.3) is 0 Å². The molecule has 1 saturated carbocycles. The number of nitrogens with zero attached hydrogens (tertiary/aromatic N) is 1. The summed E-state index contributed by atoms with van der Waals surface area (Å²) < 4.78 is 6.62. The standard InChI is InChI=1S/C22H34N2O3S/c1-15-6-7-16-20(4,23-13-25)10-8-17(22(16,26)12-15)21(5)11-9-18(27-21)19(2,3)24-14-28/h12-13,16-18,26H,6-11H2,1-5H3,(H,23,25)/t16-,17+,18-,20-,21+,22+/m1/s1. The molecule has 1 heterocycles. The highest BCUT2D eigenvalue weighted by molar-refractivity contribution is 7.78. The minimum atomic E-state index is -0.994. The molecule has 28 heavy (non-hydrogen) atoms. The Hall–Kier alpha value is -1.07. The van der Waals surface area contributed by atoms with Crippen molar-refractivity contribution in [2.45, 2.75) is 102 Å². The third kappa shape index (κ3) is 3.49. The average Bonchev–Trinajstić information content (AvgIpc) is 2.98. The highest BCUT2D eigenvalue weighted by Gasteiger charge is 2.62. The van der Waals surface area contributed by atoms with E-state index in [4.69, 9.17) is 17.0 Å². The number of ether oxygens (including phenoxy) is 1. The van der Waals surface area contributed by atoms with Crippen molar-refractivity contribution in [1.82, 2.24) is 5.32 Å². The summed E-state index contributed by atoms with van der Waals surface area (Å²) in [6, 6.07) is 0. The van der Waals surface area contributed by atoms with E-state index in [9.17, 15) is 9.90 Å². The van der Waals surface area contributed by atoms with Crippen LogP contribution in [0.2, 0.25) is 0 Å². The predicted octanol–water partition coefficient (Wildman–Crippen LogP) is 3.81. The zero-order valence-corrected chi connectivity index (χ0v) is 18.6. The fraction of sp³-hybridized carbons (Fsp3) is 0.818. The number of aliphatic hydroxyl groups is 1. The monoisotopic (exact) mass is 406 g/mol.